The topological polar surface area (TPSA) is 84.6 Å². The summed E-state index contributed by atoms with van der Waals surface area (Å²) >= 11 is 0. The third kappa shape index (κ3) is 3.89. The highest BCUT2D eigenvalue weighted by atomic mass is 16.5. The molecule has 0 unspecified atom stereocenters. The van der Waals surface area contributed by atoms with Gasteiger partial charge >= 0.3 is 0 Å². The van der Waals surface area contributed by atoms with Gasteiger partial charge in [0.1, 0.15) is 18.1 Å². The van der Waals surface area contributed by atoms with Crippen molar-refractivity contribution in [2.45, 2.75) is 6.92 Å². The van der Waals surface area contributed by atoms with Crippen LogP contribution in [-0.4, -0.2) is 24.2 Å². The van der Waals surface area contributed by atoms with Crippen molar-refractivity contribution in [2.24, 2.45) is 0 Å². The Hall–Kier alpha value is -2.69. The van der Waals surface area contributed by atoms with Crippen LogP contribution in [0.2, 0.25) is 0 Å². The van der Waals surface area contributed by atoms with Crippen LogP contribution < -0.4 is 15.8 Å². The molecule has 0 saturated carbocycles. The van der Waals surface area contributed by atoms with Crippen LogP contribution in [0.25, 0.3) is 0 Å². The van der Waals surface area contributed by atoms with Crippen molar-refractivity contribution in [3.8, 4) is 11.5 Å². The maximum atomic E-state index is 12.0. The molecule has 0 aromatic heterocycles. The Morgan fingerprint density at radius 2 is 2.05 bits per heavy atom. The average Bonchev–Trinajstić information content (AvgIpc) is 2.46. The lowest BCUT2D eigenvalue weighted by Crippen LogP contribution is -2.28. The molecule has 5 heteroatoms. The van der Waals surface area contributed by atoms with E-state index in [9.17, 15) is 9.90 Å². The summed E-state index contributed by atoms with van der Waals surface area (Å²) in [6, 6.07) is 12.0. The number of carbonyl (C=O) groups excluding carboxylic acids is 1. The SMILES string of the molecule is Cc1c(O)cccc1C(=O)NCCOc1cccc(N)c1. The second kappa shape index (κ2) is 6.65. The lowest BCUT2D eigenvalue weighted by Gasteiger charge is -2.10. The molecule has 5 nitrogen and oxygen atoms in total. The second-order valence-electron chi connectivity index (χ2n) is 4.63. The zero-order valence-corrected chi connectivity index (χ0v) is 11.8. The van der Waals surface area contributed by atoms with Gasteiger partial charge in [0.15, 0.2) is 0 Å². The highest BCUT2D eigenvalue weighted by Crippen LogP contribution is 2.19. The van der Waals surface area contributed by atoms with Gasteiger partial charge in [-0.25, -0.2) is 0 Å². The fourth-order valence-corrected chi connectivity index (χ4v) is 1.90. The van der Waals surface area contributed by atoms with E-state index in [1.165, 1.54) is 0 Å². The fourth-order valence-electron chi connectivity index (χ4n) is 1.90. The van der Waals surface area contributed by atoms with E-state index in [2.05, 4.69) is 5.32 Å². The summed E-state index contributed by atoms with van der Waals surface area (Å²) in [5, 5.41) is 12.3. The van der Waals surface area contributed by atoms with E-state index in [1.54, 1.807) is 49.4 Å². The molecular weight excluding hydrogens is 268 g/mol. The molecule has 0 radical (unpaired) electrons. The Morgan fingerprint density at radius 3 is 2.81 bits per heavy atom. The molecule has 0 saturated heterocycles. The van der Waals surface area contributed by atoms with E-state index < -0.39 is 0 Å². The number of benzene rings is 2. The van der Waals surface area contributed by atoms with Crippen molar-refractivity contribution in [3.05, 3.63) is 53.6 Å². The summed E-state index contributed by atoms with van der Waals surface area (Å²) in [5.74, 6) is 0.538. The summed E-state index contributed by atoms with van der Waals surface area (Å²) in [7, 11) is 0. The number of hydrogen-bond acceptors (Lipinski definition) is 4. The van der Waals surface area contributed by atoms with Gasteiger partial charge in [0.2, 0.25) is 0 Å². The summed E-state index contributed by atoms with van der Waals surface area (Å²) in [5.41, 5.74) is 7.30. The minimum atomic E-state index is -0.237. The second-order valence-corrected chi connectivity index (χ2v) is 4.63. The highest BCUT2D eigenvalue weighted by Gasteiger charge is 2.10. The van der Waals surface area contributed by atoms with E-state index in [1.807, 2.05) is 0 Å². The molecule has 0 aliphatic carbocycles. The van der Waals surface area contributed by atoms with Crippen molar-refractivity contribution in [1.82, 2.24) is 5.32 Å². The lowest BCUT2D eigenvalue weighted by molar-refractivity contribution is 0.0946. The Bertz CT molecular complexity index is 641. The van der Waals surface area contributed by atoms with E-state index in [-0.39, 0.29) is 11.7 Å². The first kappa shape index (κ1) is 14.7. The maximum absolute atomic E-state index is 12.0. The van der Waals surface area contributed by atoms with Crippen molar-refractivity contribution in [3.63, 3.8) is 0 Å². The number of rotatable bonds is 5. The normalized spacial score (nSPS) is 10.1. The van der Waals surface area contributed by atoms with Gasteiger partial charge in [-0.2, -0.15) is 0 Å². The van der Waals surface area contributed by atoms with Gasteiger partial charge in [-0.15, -0.1) is 0 Å². The molecule has 0 fully saturated rings. The number of ether oxygens (including phenoxy) is 1. The van der Waals surface area contributed by atoms with Gasteiger partial charge < -0.3 is 20.9 Å². The molecule has 0 aliphatic heterocycles. The largest absolute Gasteiger partial charge is 0.508 e. The summed E-state index contributed by atoms with van der Waals surface area (Å²) < 4.78 is 5.48. The smallest absolute Gasteiger partial charge is 0.251 e. The number of hydrogen-bond donors (Lipinski definition) is 3. The van der Waals surface area contributed by atoms with E-state index in [0.717, 1.165) is 0 Å². The number of phenolic OH excluding ortho intramolecular Hbond substituents is 1. The molecule has 0 atom stereocenters. The Balaban J connectivity index is 1.83. The number of phenols is 1. The summed E-state index contributed by atoms with van der Waals surface area (Å²) in [6.45, 7) is 2.41. The number of nitrogen functional groups attached to an aromatic ring is 1. The van der Waals surface area contributed by atoms with Crippen LogP contribution in [0.1, 0.15) is 15.9 Å². The highest BCUT2D eigenvalue weighted by molar-refractivity contribution is 5.96. The average molecular weight is 286 g/mol. The van der Waals surface area contributed by atoms with E-state index >= 15 is 0 Å². The molecule has 110 valence electrons. The molecule has 0 bridgehead atoms. The quantitative estimate of drug-likeness (QED) is 0.580. The fraction of sp³-hybridized carbons (Fsp3) is 0.188. The first-order valence-electron chi connectivity index (χ1n) is 6.63. The minimum absolute atomic E-state index is 0.110. The number of nitrogens with two attached hydrogens (primary N) is 1. The molecular formula is C16H18N2O3. The standard InChI is InChI=1S/C16H18N2O3/c1-11-14(6-3-7-15(11)19)16(20)18-8-9-21-13-5-2-4-12(17)10-13/h2-7,10,19H,8-9,17H2,1H3,(H,18,20). The van der Waals surface area contributed by atoms with Crippen LogP contribution in [0.15, 0.2) is 42.5 Å². The van der Waals surface area contributed by atoms with Crippen molar-refractivity contribution < 1.29 is 14.6 Å². The number of amides is 1. The monoisotopic (exact) mass is 286 g/mol. The van der Waals surface area contributed by atoms with E-state index in [0.29, 0.717) is 35.7 Å². The third-order valence-electron chi connectivity index (χ3n) is 3.06. The molecule has 4 N–H and O–H groups in total. The molecule has 0 aliphatic rings. The zero-order valence-electron chi connectivity index (χ0n) is 11.8. The maximum Gasteiger partial charge on any atom is 0.251 e. The van der Waals surface area contributed by atoms with Gasteiger partial charge in [-0.1, -0.05) is 12.1 Å². The summed E-state index contributed by atoms with van der Waals surface area (Å²) in [6.07, 6.45) is 0. The van der Waals surface area contributed by atoms with Crippen molar-refractivity contribution in [1.29, 1.82) is 0 Å². The summed E-state index contributed by atoms with van der Waals surface area (Å²) in [4.78, 5) is 12.0. The zero-order chi connectivity index (χ0) is 15.2. The first-order chi connectivity index (χ1) is 10.1. The number of nitrogens with one attached hydrogen (secondary N) is 1. The van der Waals surface area contributed by atoms with Crippen molar-refractivity contribution in [2.75, 3.05) is 18.9 Å². The Kier molecular flexibility index (Phi) is 4.66. The number of carbonyl (C=O) groups is 1. The molecule has 1 amide bonds. The molecule has 2 aromatic carbocycles. The molecule has 0 heterocycles. The number of anilines is 1. The van der Waals surface area contributed by atoms with Crippen LogP contribution in [-0.2, 0) is 0 Å². The first-order valence-corrected chi connectivity index (χ1v) is 6.63. The Morgan fingerprint density at radius 1 is 1.29 bits per heavy atom. The molecule has 0 spiro atoms. The van der Waals surface area contributed by atoms with Crippen molar-refractivity contribution >= 4 is 11.6 Å². The third-order valence-corrected chi connectivity index (χ3v) is 3.06. The number of aromatic hydroxyl groups is 1. The van der Waals surface area contributed by atoms with Gasteiger partial charge in [-0.05, 0) is 31.2 Å². The van der Waals surface area contributed by atoms with E-state index in [4.69, 9.17) is 10.5 Å². The van der Waals surface area contributed by atoms with Crippen LogP contribution in [0, 0.1) is 6.92 Å². The van der Waals surface area contributed by atoms with Gasteiger partial charge in [0, 0.05) is 22.9 Å². The minimum Gasteiger partial charge on any atom is -0.508 e. The van der Waals surface area contributed by atoms with Crippen LogP contribution in [0.4, 0.5) is 5.69 Å². The Labute approximate surface area is 123 Å². The van der Waals surface area contributed by atoms with Crippen LogP contribution in [0.3, 0.4) is 0 Å². The van der Waals surface area contributed by atoms with Gasteiger partial charge in [0.05, 0.1) is 6.54 Å². The predicted molar refractivity (Wildman–Crippen MR) is 81.5 cm³/mol. The lowest BCUT2D eigenvalue weighted by atomic mass is 10.1. The van der Waals surface area contributed by atoms with Crippen LogP contribution >= 0.6 is 0 Å². The molecule has 2 rings (SSSR count). The molecule has 2 aromatic rings. The van der Waals surface area contributed by atoms with Gasteiger partial charge in [0.25, 0.3) is 5.91 Å². The molecule has 21 heavy (non-hydrogen) atoms. The van der Waals surface area contributed by atoms with Gasteiger partial charge in [-0.3, -0.25) is 4.79 Å². The predicted octanol–water partition coefficient (Wildman–Crippen LogP) is 2.09. The van der Waals surface area contributed by atoms with Crippen LogP contribution in [0.5, 0.6) is 11.5 Å².